The number of rotatable bonds is 8. The van der Waals surface area contributed by atoms with Crippen molar-refractivity contribution in [1.82, 2.24) is 15.1 Å². The molecule has 0 aliphatic rings. The fourth-order valence-electron chi connectivity index (χ4n) is 3.62. The zero-order chi connectivity index (χ0) is 25.4. The van der Waals surface area contributed by atoms with Crippen molar-refractivity contribution in [2.45, 2.75) is 40.7 Å². The number of esters is 1. The van der Waals surface area contributed by atoms with Gasteiger partial charge in [-0.05, 0) is 88.2 Å². The number of aryl methyl sites for hydroxylation is 2. The number of anilines is 1. The largest absolute Gasteiger partial charge is 0.462 e. The van der Waals surface area contributed by atoms with E-state index in [0.29, 0.717) is 47.4 Å². The molecule has 1 amide bonds. The monoisotopic (exact) mass is 495 g/mol. The Hall–Kier alpha value is -3.65. The molecule has 0 unspecified atom stereocenters. The Morgan fingerprint density at radius 1 is 1.03 bits per heavy atom. The summed E-state index contributed by atoms with van der Waals surface area (Å²) in [5, 5.41) is 11.1. The first-order valence-electron chi connectivity index (χ1n) is 11.5. The van der Waals surface area contributed by atoms with Gasteiger partial charge in [-0.3, -0.25) is 19.8 Å². The van der Waals surface area contributed by atoms with Crippen LogP contribution in [-0.2, 0) is 17.7 Å². The van der Waals surface area contributed by atoms with Crippen molar-refractivity contribution in [3.05, 3.63) is 81.6 Å². The smallest absolute Gasteiger partial charge is 0.338 e. The van der Waals surface area contributed by atoms with Gasteiger partial charge in [-0.1, -0.05) is 11.6 Å². The van der Waals surface area contributed by atoms with Gasteiger partial charge in [0, 0.05) is 35.1 Å². The van der Waals surface area contributed by atoms with Crippen LogP contribution in [-0.4, -0.2) is 40.8 Å². The standard InChI is InChI=1S/C26H30ClN5O3/c1-5-32-18(4)23(17(3)31-32)15-16-28-26(30-24(33)19-7-11-21(27)12-8-19)29-22-13-9-20(10-14-22)25(34)35-6-2/h7-14H,5-6,15-16H2,1-4H3,(H2,28,29,30,33). The first-order chi connectivity index (χ1) is 16.8. The maximum atomic E-state index is 12.8. The van der Waals surface area contributed by atoms with E-state index in [9.17, 15) is 9.59 Å². The number of ether oxygens (including phenoxy) is 1. The molecular formula is C26H30ClN5O3. The fourth-order valence-corrected chi connectivity index (χ4v) is 3.74. The van der Waals surface area contributed by atoms with Gasteiger partial charge < -0.3 is 10.1 Å². The summed E-state index contributed by atoms with van der Waals surface area (Å²) in [6.07, 6.45) is 0.682. The van der Waals surface area contributed by atoms with Crippen LogP contribution in [0.15, 0.2) is 53.5 Å². The van der Waals surface area contributed by atoms with Gasteiger partial charge in [-0.25, -0.2) is 4.79 Å². The molecule has 184 valence electrons. The van der Waals surface area contributed by atoms with E-state index in [-0.39, 0.29) is 11.9 Å². The van der Waals surface area contributed by atoms with E-state index in [0.717, 1.165) is 23.5 Å². The Bertz CT molecular complexity index is 1200. The lowest BCUT2D eigenvalue weighted by Crippen LogP contribution is -2.36. The molecule has 9 heteroatoms. The summed E-state index contributed by atoms with van der Waals surface area (Å²) in [5.41, 5.74) is 4.82. The van der Waals surface area contributed by atoms with E-state index < -0.39 is 0 Å². The van der Waals surface area contributed by atoms with Crippen LogP contribution in [0.5, 0.6) is 0 Å². The van der Waals surface area contributed by atoms with Gasteiger partial charge >= 0.3 is 5.97 Å². The number of hydrogen-bond acceptors (Lipinski definition) is 5. The second-order valence-electron chi connectivity index (χ2n) is 7.83. The molecule has 0 radical (unpaired) electrons. The Kier molecular flexibility index (Phi) is 9.03. The van der Waals surface area contributed by atoms with Crippen molar-refractivity contribution in [3.8, 4) is 0 Å². The van der Waals surface area contributed by atoms with Gasteiger partial charge in [0.2, 0.25) is 5.96 Å². The van der Waals surface area contributed by atoms with E-state index in [1.165, 1.54) is 0 Å². The number of nitrogens with zero attached hydrogens (tertiary/aromatic N) is 3. The summed E-state index contributed by atoms with van der Waals surface area (Å²) in [6, 6.07) is 13.4. The summed E-state index contributed by atoms with van der Waals surface area (Å²) >= 11 is 5.94. The summed E-state index contributed by atoms with van der Waals surface area (Å²) in [4.78, 5) is 29.3. The minimum absolute atomic E-state index is 0.298. The van der Waals surface area contributed by atoms with E-state index in [1.807, 2.05) is 11.6 Å². The van der Waals surface area contributed by atoms with Crippen LogP contribution >= 0.6 is 11.6 Å². The van der Waals surface area contributed by atoms with Crippen molar-refractivity contribution in [2.24, 2.45) is 4.99 Å². The van der Waals surface area contributed by atoms with E-state index in [2.05, 4.69) is 34.6 Å². The number of carbonyl (C=O) groups is 2. The number of halogens is 1. The topological polar surface area (TPSA) is 97.6 Å². The minimum Gasteiger partial charge on any atom is -0.462 e. The maximum Gasteiger partial charge on any atom is 0.338 e. The van der Waals surface area contributed by atoms with Gasteiger partial charge in [0.05, 0.1) is 17.9 Å². The lowest BCUT2D eigenvalue weighted by Gasteiger charge is -2.13. The van der Waals surface area contributed by atoms with Crippen molar-refractivity contribution in [1.29, 1.82) is 0 Å². The van der Waals surface area contributed by atoms with Crippen LogP contribution in [0.3, 0.4) is 0 Å². The molecule has 2 N–H and O–H groups in total. The molecule has 0 atom stereocenters. The molecule has 35 heavy (non-hydrogen) atoms. The first-order valence-corrected chi connectivity index (χ1v) is 11.9. The van der Waals surface area contributed by atoms with Crippen LogP contribution in [0.25, 0.3) is 0 Å². The molecule has 0 saturated heterocycles. The van der Waals surface area contributed by atoms with Crippen molar-refractivity contribution >= 4 is 35.1 Å². The predicted octanol–water partition coefficient (Wildman–Crippen LogP) is 4.79. The highest BCUT2D eigenvalue weighted by Gasteiger charge is 2.13. The third-order valence-electron chi connectivity index (χ3n) is 5.46. The average Bonchev–Trinajstić information content (AvgIpc) is 3.12. The second kappa shape index (κ2) is 12.2. The first kappa shape index (κ1) is 26.0. The number of nitrogens with one attached hydrogen (secondary N) is 2. The van der Waals surface area contributed by atoms with Crippen molar-refractivity contribution < 1.29 is 14.3 Å². The molecular weight excluding hydrogens is 466 g/mol. The number of hydrogen-bond donors (Lipinski definition) is 2. The molecule has 0 aliphatic heterocycles. The van der Waals surface area contributed by atoms with Crippen LogP contribution in [0.2, 0.25) is 5.02 Å². The molecule has 0 bridgehead atoms. The summed E-state index contributed by atoms with van der Waals surface area (Å²) in [5.74, 6) is -0.406. The average molecular weight is 496 g/mol. The number of benzene rings is 2. The molecule has 0 fully saturated rings. The zero-order valence-corrected chi connectivity index (χ0v) is 21.1. The summed E-state index contributed by atoms with van der Waals surface area (Å²) < 4.78 is 7.00. The molecule has 8 nitrogen and oxygen atoms in total. The normalized spacial score (nSPS) is 11.3. The van der Waals surface area contributed by atoms with Gasteiger partial charge in [0.1, 0.15) is 0 Å². The number of guanidine groups is 1. The van der Waals surface area contributed by atoms with Crippen molar-refractivity contribution in [2.75, 3.05) is 18.5 Å². The Labute approximate surface area is 210 Å². The van der Waals surface area contributed by atoms with Gasteiger partial charge in [-0.15, -0.1) is 0 Å². The fraction of sp³-hybridized carbons (Fsp3) is 0.308. The highest BCUT2D eigenvalue weighted by Crippen LogP contribution is 2.15. The quantitative estimate of drug-likeness (QED) is 0.266. The zero-order valence-electron chi connectivity index (χ0n) is 20.4. The second-order valence-corrected chi connectivity index (χ2v) is 8.27. The molecule has 1 heterocycles. The van der Waals surface area contributed by atoms with Gasteiger partial charge in [0.15, 0.2) is 0 Å². The predicted molar refractivity (Wildman–Crippen MR) is 138 cm³/mol. The van der Waals surface area contributed by atoms with Crippen LogP contribution in [0.4, 0.5) is 5.69 Å². The molecule has 3 rings (SSSR count). The van der Waals surface area contributed by atoms with E-state index >= 15 is 0 Å². The Morgan fingerprint density at radius 3 is 2.29 bits per heavy atom. The number of aromatic nitrogens is 2. The molecule has 2 aromatic carbocycles. The van der Waals surface area contributed by atoms with Crippen LogP contribution in [0, 0.1) is 13.8 Å². The number of aliphatic imine (C=N–C) groups is 1. The minimum atomic E-state index is -0.387. The SMILES string of the molecule is CCOC(=O)c1ccc(NC(=NCCc2c(C)nn(CC)c2C)NC(=O)c2ccc(Cl)cc2)cc1. The molecule has 0 aliphatic carbocycles. The third kappa shape index (κ3) is 6.93. The molecule has 3 aromatic rings. The third-order valence-corrected chi connectivity index (χ3v) is 5.71. The van der Waals surface area contributed by atoms with Crippen LogP contribution in [0.1, 0.15) is 51.5 Å². The summed E-state index contributed by atoms with van der Waals surface area (Å²) in [6.45, 7) is 9.42. The van der Waals surface area contributed by atoms with E-state index in [1.54, 1.807) is 55.5 Å². The molecule has 0 spiro atoms. The summed E-state index contributed by atoms with van der Waals surface area (Å²) in [7, 11) is 0. The Morgan fingerprint density at radius 2 is 1.69 bits per heavy atom. The lowest BCUT2D eigenvalue weighted by atomic mass is 10.1. The Balaban J connectivity index is 1.78. The molecule has 0 saturated carbocycles. The number of carbonyl (C=O) groups excluding carboxylic acids is 2. The van der Waals surface area contributed by atoms with E-state index in [4.69, 9.17) is 16.3 Å². The van der Waals surface area contributed by atoms with Crippen LogP contribution < -0.4 is 10.6 Å². The number of amides is 1. The van der Waals surface area contributed by atoms with Gasteiger partial charge in [0.25, 0.3) is 5.91 Å². The lowest BCUT2D eigenvalue weighted by molar-refractivity contribution is 0.0526. The highest BCUT2D eigenvalue weighted by atomic mass is 35.5. The van der Waals surface area contributed by atoms with Crippen molar-refractivity contribution in [3.63, 3.8) is 0 Å². The maximum absolute atomic E-state index is 12.8. The highest BCUT2D eigenvalue weighted by molar-refractivity contribution is 6.30. The molecule has 1 aromatic heterocycles. The van der Waals surface area contributed by atoms with Gasteiger partial charge in [-0.2, -0.15) is 5.10 Å².